The molecule has 1 aliphatic heterocycles. The van der Waals surface area contributed by atoms with Crippen LogP contribution in [0.1, 0.15) is 16.1 Å². The number of amides is 1. The molecule has 0 aliphatic carbocycles. The summed E-state index contributed by atoms with van der Waals surface area (Å²) in [6.07, 6.45) is -0.254. The van der Waals surface area contributed by atoms with Crippen LogP contribution in [0.25, 0.3) is 16.8 Å². The van der Waals surface area contributed by atoms with Crippen molar-refractivity contribution in [2.24, 2.45) is 5.73 Å². The minimum Gasteiger partial charge on any atom is -0.334 e. The number of hydrogen-bond acceptors (Lipinski definition) is 4. The Kier molecular flexibility index (Phi) is 4.95. The van der Waals surface area contributed by atoms with Crippen molar-refractivity contribution in [3.63, 3.8) is 0 Å². The molecule has 1 aliphatic rings. The van der Waals surface area contributed by atoms with Crippen molar-refractivity contribution in [2.45, 2.75) is 12.2 Å². The van der Waals surface area contributed by atoms with E-state index in [1.807, 2.05) is 0 Å². The van der Waals surface area contributed by atoms with Crippen LogP contribution in [-0.2, 0) is 6.18 Å². The Morgan fingerprint density at radius 1 is 1.33 bits per heavy atom. The average molecular weight is 466 g/mol. The van der Waals surface area contributed by atoms with Crippen LogP contribution < -0.4 is 5.73 Å². The number of H-pyrrole nitrogens is 1. The van der Waals surface area contributed by atoms with Crippen LogP contribution in [0.2, 0.25) is 0 Å². The molecule has 4 heterocycles. The molecule has 3 N–H and O–H groups in total. The molecule has 3 aromatic rings. The Labute approximate surface area is 165 Å². The van der Waals surface area contributed by atoms with E-state index in [4.69, 9.17) is 5.73 Å². The van der Waals surface area contributed by atoms with E-state index >= 15 is 0 Å². The predicted molar refractivity (Wildman–Crippen MR) is 96.6 cm³/mol. The van der Waals surface area contributed by atoms with Gasteiger partial charge in [0.1, 0.15) is 4.60 Å². The van der Waals surface area contributed by atoms with E-state index in [1.165, 1.54) is 27.9 Å². The number of aromatic amines is 1. The minimum absolute atomic E-state index is 0. The van der Waals surface area contributed by atoms with Crippen molar-refractivity contribution < 1.29 is 18.0 Å². The zero-order valence-electron chi connectivity index (χ0n) is 13.5. The summed E-state index contributed by atoms with van der Waals surface area (Å²) in [7, 11) is 0. The van der Waals surface area contributed by atoms with Gasteiger partial charge in [0, 0.05) is 42.7 Å². The molecule has 0 atom stereocenters. The van der Waals surface area contributed by atoms with E-state index in [-0.39, 0.29) is 34.4 Å². The van der Waals surface area contributed by atoms with Crippen molar-refractivity contribution in [1.29, 1.82) is 0 Å². The largest absolute Gasteiger partial charge is 0.420 e. The topological polar surface area (TPSA) is 92.3 Å². The van der Waals surface area contributed by atoms with Crippen LogP contribution in [0.3, 0.4) is 0 Å². The maximum absolute atomic E-state index is 13.6. The van der Waals surface area contributed by atoms with Crippen molar-refractivity contribution >= 4 is 39.9 Å². The lowest BCUT2D eigenvalue weighted by Crippen LogP contribution is -2.57. The lowest BCUT2D eigenvalue weighted by molar-refractivity contribution is -0.136. The summed E-state index contributed by atoms with van der Waals surface area (Å²) in [6, 6.07) is 0.876. The predicted octanol–water partition coefficient (Wildman–Crippen LogP) is 2.71. The third-order valence-corrected chi connectivity index (χ3v) is 4.96. The van der Waals surface area contributed by atoms with Gasteiger partial charge in [-0.15, -0.1) is 12.4 Å². The molecule has 0 radical (unpaired) electrons. The summed E-state index contributed by atoms with van der Waals surface area (Å²) < 4.78 is 42.1. The summed E-state index contributed by atoms with van der Waals surface area (Å²) in [5, 5.41) is 6.33. The number of nitrogens with zero attached hydrogens (tertiary/aromatic N) is 4. The smallest absolute Gasteiger partial charge is 0.334 e. The first-order chi connectivity index (χ1) is 12.3. The zero-order valence-corrected chi connectivity index (χ0v) is 15.9. The number of carbonyl (C=O) groups excluding carboxylic acids is 1. The number of hydrogen-bond donors (Lipinski definition) is 2. The fourth-order valence-electron chi connectivity index (χ4n) is 2.86. The monoisotopic (exact) mass is 464 g/mol. The average Bonchev–Trinajstić information content (AvgIpc) is 3.18. The quantitative estimate of drug-likeness (QED) is 0.609. The minimum atomic E-state index is -4.63. The maximum Gasteiger partial charge on any atom is 0.420 e. The van der Waals surface area contributed by atoms with Gasteiger partial charge in [0.2, 0.25) is 0 Å². The Balaban J connectivity index is 0.00000210. The van der Waals surface area contributed by atoms with Crippen LogP contribution in [0.5, 0.6) is 0 Å². The number of halogens is 5. The number of rotatable bonds is 2. The van der Waals surface area contributed by atoms with Gasteiger partial charge < -0.3 is 10.6 Å². The Morgan fingerprint density at radius 2 is 2.04 bits per heavy atom. The molecular weight excluding hydrogens is 453 g/mol. The second kappa shape index (κ2) is 6.80. The summed E-state index contributed by atoms with van der Waals surface area (Å²) in [5.41, 5.74) is 5.09. The van der Waals surface area contributed by atoms with Gasteiger partial charge in [-0.3, -0.25) is 14.3 Å². The molecule has 0 unspecified atom stereocenters. The highest BCUT2D eigenvalue weighted by molar-refractivity contribution is 9.10. The summed E-state index contributed by atoms with van der Waals surface area (Å²) >= 11 is 3.22. The SMILES string of the molecule is Cl.NC1CN(C(=O)c2nc3c(C(F)(F)F)cc(-c4cn[nH]c4)cn3c2Br)C1. The lowest BCUT2D eigenvalue weighted by Gasteiger charge is -2.36. The van der Waals surface area contributed by atoms with E-state index in [1.54, 1.807) is 0 Å². The molecule has 3 aromatic heterocycles. The number of nitrogens with two attached hydrogens (primary N) is 1. The zero-order chi connectivity index (χ0) is 18.6. The molecule has 1 fully saturated rings. The van der Waals surface area contributed by atoms with Crippen LogP contribution in [0.15, 0.2) is 29.3 Å². The molecular formula is C15H13BrClF3N6O. The van der Waals surface area contributed by atoms with Crippen molar-refractivity contribution in [3.8, 4) is 11.1 Å². The number of pyridine rings is 1. The highest BCUT2D eigenvalue weighted by Gasteiger charge is 2.37. The van der Waals surface area contributed by atoms with Crippen LogP contribution in [0.4, 0.5) is 13.2 Å². The molecule has 0 aromatic carbocycles. The van der Waals surface area contributed by atoms with Crippen LogP contribution in [-0.4, -0.2) is 49.5 Å². The number of aromatic nitrogens is 4. The third-order valence-electron chi connectivity index (χ3n) is 4.20. The van der Waals surface area contributed by atoms with E-state index in [0.29, 0.717) is 24.2 Å². The van der Waals surface area contributed by atoms with Gasteiger partial charge in [0.05, 0.1) is 11.8 Å². The number of alkyl halides is 3. The molecule has 1 amide bonds. The molecule has 27 heavy (non-hydrogen) atoms. The molecule has 0 bridgehead atoms. The second-order valence-corrected chi connectivity index (χ2v) is 6.79. The van der Waals surface area contributed by atoms with Gasteiger partial charge >= 0.3 is 6.18 Å². The number of nitrogens with one attached hydrogen (secondary N) is 1. The summed E-state index contributed by atoms with van der Waals surface area (Å²) in [4.78, 5) is 17.9. The Bertz CT molecular complexity index is 997. The Morgan fingerprint density at radius 3 is 2.59 bits per heavy atom. The number of imidazole rings is 1. The fourth-order valence-corrected chi connectivity index (χ4v) is 3.39. The van der Waals surface area contributed by atoms with Gasteiger partial charge in [-0.1, -0.05) is 0 Å². The highest BCUT2D eigenvalue weighted by atomic mass is 79.9. The highest BCUT2D eigenvalue weighted by Crippen LogP contribution is 2.37. The third kappa shape index (κ3) is 3.30. The van der Waals surface area contributed by atoms with Gasteiger partial charge in [-0.25, -0.2) is 4.98 Å². The maximum atomic E-state index is 13.6. The van der Waals surface area contributed by atoms with E-state index in [9.17, 15) is 18.0 Å². The first-order valence-corrected chi connectivity index (χ1v) is 8.38. The normalized spacial score (nSPS) is 14.9. The first kappa shape index (κ1) is 19.6. The van der Waals surface area contributed by atoms with Gasteiger partial charge in [0.15, 0.2) is 11.3 Å². The Hall–Kier alpha value is -2.11. The number of carbonyl (C=O) groups is 1. The molecule has 7 nitrogen and oxygen atoms in total. The molecule has 1 saturated heterocycles. The van der Waals surface area contributed by atoms with Crippen molar-refractivity contribution in [1.82, 2.24) is 24.5 Å². The van der Waals surface area contributed by atoms with Crippen molar-refractivity contribution in [3.05, 3.63) is 40.5 Å². The standard InChI is InChI=1S/C15H12BrF3N6O.ClH/c16-12-11(14(26)24-5-9(20)6-24)23-13-10(15(17,18)19)1-7(4-25(12)13)8-2-21-22-3-8;/h1-4,9H,5-6,20H2,(H,21,22);1H. The molecule has 144 valence electrons. The van der Waals surface area contributed by atoms with Crippen LogP contribution in [0, 0.1) is 0 Å². The molecule has 4 rings (SSSR count). The van der Waals surface area contributed by atoms with Gasteiger partial charge in [-0.05, 0) is 22.0 Å². The van der Waals surface area contributed by atoms with E-state index in [2.05, 4.69) is 31.1 Å². The molecule has 12 heteroatoms. The molecule has 0 spiro atoms. The molecule has 0 saturated carbocycles. The first-order valence-electron chi connectivity index (χ1n) is 7.58. The lowest BCUT2D eigenvalue weighted by atomic mass is 10.1. The summed E-state index contributed by atoms with van der Waals surface area (Å²) in [6.45, 7) is 0.705. The van der Waals surface area contributed by atoms with E-state index in [0.717, 1.165) is 6.07 Å². The summed E-state index contributed by atoms with van der Waals surface area (Å²) in [5.74, 6) is -0.458. The number of likely N-dealkylation sites (tertiary alicyclic amines) is 1. The fraction of sp³-hybridized carbons (Fsp3) is 0.267. The van der Waals surface area contributed by atoms with Gasteiger partial charge in [0.25, 0.3) is 5.91 Å². The van der Waals surface area contributed by atoms with Gasteiger partial charge in [-0.2, -0.15) is 18.3 Å². The van der Waals surface area contributed by atoms with Crippen LogP contribution >= 0.6 is 28.3 Å². The number of fused-ring (bicyclic) bond motifs is 1. The van der Waals surface area contributed by atoms with E-state index < -0.39 is 17.6 Å². The van der Waals surface area contributed by atoms with Crippen molar-refractivity contribution in [2.75, 3.05) is 13.1 Å². The second-order valence-electron chi connectivity index (χ2n) is 6.04.